The van der Waals surface area contributed by atoms with Gasteiger partial charge in [-0.1, -0.05) is 30.3 Å². The summed E-state index contributed by atoms with van der Waals surface area (Å²) in [4.78, 5) is 21.8. The largest absolute Gasteiger partial charge is 0.481 e. The number of hydrogen-bond donors (Lipinski definition) is 3. The van der Waals surface area contributed by atoms with Gasteiger partial charge in [-0.05, 0) is 24.8 Å². The molecule has 23 heavy (non-hydrogen) atoms. The van der Waals surface area contributed by atoms with Crippen molar-refractivity contribution < 1.29 is 19.4 Å². The molecule has 0 saturated heterocycles. The summed E-state index contributed by atoms with van der Waals surface area (Å²) in [6.45, 7) is 0.497. The van der Waals surface area contributed by atoms with Crippen LogP contribution in [-0.4, -0.2) is 28.9 Å². The van der Waals surface area contributed by atoms with Crippen LogP contribution < -0.4 is 11.2 Å². The second kappa shape index (κ2) is 8.28. The van der Waals surface area contributed by atoms with Crippen molar-refractivity contribution in [1.82, 2.24) is 5.43 Å². The zero-order valence-electron chi connectivity index (χ0n) is 12.8. The van der Waals surface area contributed by atoms with Crippen LogP contribution in [0.25, 0.3) is 0 Å². The van der Waals surface area contributed by atoms with E-state index in [1.165, 1.54) is 0 Å². The number of carbonyl (C=O) groups excluding carboxylic acids is 1. The number of carboxylic acids is 1. The number of carboxylic acid groups (broad SMARTS) is 1. The zero-order valence-corrected chi connectivity index (χ0v) is 12.8. The van der Waals surface area contributed by atoms with Gasteiger partial charge >= 0.3 is 12.0 Å². The van der Waals surface area contributed by atoms with Crippen LogP contribution in [0.2, 0.25) is 0 Å². The van der Waals surface area contributed by atoms with Gasteiger partial charge < -0.3 is 15.6 Å². The third-order valence-electron chi connectivity index (χ3n) is 3.80. The lowest BCUT2D eigenvalue weighted by Crippen LogP contribution is -2.34. The molecular formula is C16H21N3O4. The molecule has 2 amide bonds. The molecule has 1 fully saturated rings. The number of carbonyl (C=O) groups is 2. The lowest BCUT2D eigenvalue weighted by molar-refractivity contribution is -0.137. The van der Waals surface area contributed by atoms with Crippen LogP contribution in [0.5, 0.6) is 0 Å². The highest BCUT2D eigenvalue weighted by Crippen LogP contribution is 2.27. The minimum absolute atomic E-state index is 0.0212. The molecule has 0 aromatic heterocycles. The smallest absolute Gasteiger partial charge is 0.332 e. The molecule has 0 bridgehead atoms. The van der Waals surface area contributed by atoms with E-state index in [1.54, 1.807) is 0 Å². The first-order chi connectivity index (χ1) is 11.0. The van der Waals surface area contributed by atoms with Crippen molar-refractivity contribution in [2.45, 2.75) is 38.4 Å². The Morgan fingerprint density at radius 1 is 1.35 bits per heavy atom. The highest BCUT2D eigenvalue weighted by Gasteiger charge is 2.29. The quantitative estimate of drug-likeness (QED) is 0.694. The summed E-state index contributed by atoms with van der Waals surface area (Å²) in [6, 6.07) is 9.07. The maximum Gasteiger partial charge on any atom is 0.332 e. The third-order valence-corrected chi connectivity index (χ3v) is 3.80. The molecule has 1 aliphatic rings. The molecule has 4 N–H and O–H groups in total. The fourth-order valence-corrected chi connectivity index (χ4v) is 2.71. The number of nitrogens with zero attached hydrogens (tertiary/aromatic N) is 1. The van der Waals surface area contributed by atoms with Crippen LogP contribution in [0.3, 0.4) is 0 Å². The first-order valence-corrected chi connectivity index (χ1v) is 7.54. The molecule has 2 rings (SSSR count). The molecule has 0 radical (unpaired) electrons. The normalized spacial score (nSPS) is 22.7. The SMILES string of the molecule is NC(=O)NN=C1CCC(OCc2ccccc2)CC1CC(=O)O. The Hall–Kier alpha value is -2.41. The molecule has 0 spiro atoms. The summed E-state index contributed by atoms with van der Waals surface area (Å²) in [5.41, 5.74) is 8.92. The van der Waals surface area contributed by atoms with E-state index in [2.05, 4.69) is 10.5 Å². The van der Waals surface area contributed by atoms with Crippen LogP contribution in [0.1, 0.15) is 31.2 Å². The van der Waals surface area contributed by atoms with Crippen molar-refractivity contribution in [2.75, 3.05) is 0 Å². The molecule has 0 heterocycles. The van der Waals surface area contributed by atoms with E-state index in [4.69, 9.17) is 15.6 Å². The number of hydrazone groups is 1. The number of nitrogens with two attached hydrogens (primary N) is 1. The average molecular weight is 319 g/mol. The third kappa shape index (κ3) is 5.71. The van der Waals surface area contributed by atoms with Crippen LogP contribution in [-0.2, 0) is 16.1 Å². The Labute approximate surface area is 134 Å². The summed E-state index contributed by atoms with van der Waals surface area (Å²) in [7, 11) is 0. The molecule has 124 valence electrons. The molecule has 2 unspecified atom stereocenters. The lowest BCUT2D eigenvalue weighted by Gasteiger charge is -2.29. The van der Waals surface area contributed by atoms with Crippen LogP contribution in [0.15, 0.2) is 35.4 Å². The van der Waals surface area contributed by atoms with Gasteiger partial charge in [0.1, 0.15) is 0 Å². The van der Waals surface area contributed by atoms with Gasteiger partial charge in [-0.2, -0.15) is 5.10 Å². The van der Waals surface area contributed by atoms with Gasteiger partial charge in [0.15, 0.2) is 0 Å². The average Bonchev–Trinajstić information content (AvgIpc) is 2.52. The molecule has 1 aromatic rings. The number of urea groups is 1. The lowest BCUT2D eigenvalue weighted by atomic mass is 9.83. The Morgan fingerprint density at radius 3 is 2.74 bits per heavy atom. The molecular weight excluding hydrogens is 298 g/mol. The van der Waals surface area contributed by atoms with Gasteiger partial charge in [-0.15, -0.1) is 0 Å². The molecule has 0 aliphatic heterocycles. The van der Waals surface area contributed by atoms with E-state index in [9.17, 15) is 9.59 Å². The Morgan fingerprint density at radius 2 is 2.09 bits per heavy atom. The Balaban J connectivity index is 1.94. The van der Waals surface area contributed by atoms with E-state index >= 15 is 0 Å². The maximum atomic E-state index is 11.0. The predicted molar refractivity (Wildman–Crippen MR) is 84.8 cm³/mol. The fourth-order valence-electron chi connectivity index (χ4n) is 2.71. The molecule has 1 aliphatic carbocycles. The monoisotopic (exact) mass is 319 g/mol. The summed E-state index contributed by atoms with van der Waals surface area (Å²) < 4.78 is 5.89. The Bertz CT molecular complexity index is 574. The first-order valence-electron chi connectivity index (χ1n) is 7.54. The van der Waals surface area contributed by atoms with E-state index in [1.807, 2.05) is 30.3 Å². The van der Waals surface area contributed by atoms with Gasteiger partial charge in [0.05, 0.1) is 19.1 Å². The Kier molecular flexibility index (Phi) is 6.10. The molecule has 7 nitrogen and oxygen atoms in total. The van der Waals surface area contributed by atoms with Gasteiger partial charge in [0, 0.05) is 11.6 Å². The number of ether oxygens (including phenoxy) is 1. The van der Waals surface area contributed by atoms with E-state index in [-0.39, 0.29) is 18.4 Å². The standard InChI is InChI=1S/C16H21N3O4/c17-16(22)19-18-14-7-6-13(8-12(14)9-15(20)21)23-10-11-4-2-1-3-5-11/h1-5,12-13H,6-10H2,(H,20,21)(H3,17,19,22). The van der Waals surface area contributed by atoms with E-state index in [0.29, 0.717) is 25.2 Å². The van der Waals surface area contributed by atoms with Crippen LogP contribution in [0.4, 0.5) is 4.79 Å². The minimum Gasteiger partial charge on any atom is -0.481 e. The van der Waals surface area contributed by atoms with Gasteiger partial charge in [-0.25, -0.2) is 10.2 Å². The van der Waals surface area contributed by atoms with Crippen molar-refractivity contribution >= 4 is 17.7 Å². The van der Waals surface area contributed by atoms with Gasteiger partial charge in [0.2, 0.25) is 0 Å². The fraction of sp³-hybridized carbons (Fsp3) is 0.438. The number of benzene rings is 1. The van der Waals surface area contributed by atoms with Gasteiger partial charge in [0.25, 0.3) is 0 Å². The number of aliphatic carboxylic acids is 1. The highest BCUT2D eigenvalue weighted by molar-refractivity contribution is 5.91. The first kappa shape index (κ1) is 17.0. The second-order valence-electron chi connectivity index (χ2n) is 5.57. The van der Waals surface area contributed by atoms with Crippen molar-refractivity contribution in [1.29, 1.82) is 0 Å². The molecule has 1 aromatic carbocycles. The maximum absolute atomic E-state index is 11.0. The number of hydrogen-bond acceptors (Lipinski definition) is 4. The van der Waals surface area contributed by atoms with Crippen LogP contribution >= 0.6 is 0 Å². The zero-order chi connectivity index (χ0) is 16.7. The van der Waals surface area contributed by atoms with Crippen LogP contribution in [0, 0.1) is 5.92 Å². The summed E-state index contributed by atoms with van der Waals surface area (Å²) in [6.07, 6.45) is 1.83. The minimum atomic E-state index is -0.898. The number of nitrogens with one attached hydrogen (secondary N) is 1. The van der Waals surface area contributed by atoms with Crippen molar-refractivity contribution in [3.05, 3.63) is 35.9 Å². The molecule has 7 heteroatoms. The van der Waals surface area contributed by atoms with E-state index in [0.717, 1.165) is 12.0 Å². The summed E-state index contributed by atoms with van der Waals surface area (Å²) in [5.74, 6) is -1.15. The van der Waals surface area contributed by atoms with Crippen molar-refractivity contribution in [3.63, 3.8) is 0 Å². The summed E-state index contributed by atoms with van der Waals surface area (Å²) in [5, 5.41) is 13.0. The van der Waals surface area contributed by atoms with Crippen molar-refractivity contribution in [2.24, 2.45) is 16.8 Å². The second-order valence-corrected chi connectivity index (χ2v) is 5.57. The number of primary amides is 1. The topological polar surface area (TPSA) is 114 Å². The van der Waals surface area contributed by atoms with Gasteiger partial charge in [-0.3, -0.25) is 4.79 Å². The number of rotatable bonds is 6. The predicted octanol–water partition coefficient (Wildman–Crippen LogP) is 1.87. The molecule has 2 atom stereocenters. The highest BCUT2D eigenvalue weighted by atomic mass is 16.5. The van der Waals surface area contributed by atoms with Crippen molar-refractivity contribution in [3.8, 4) is 0 Å². The number of amides is 2. The van der Waals surface area contributed by atoms with E-state index < -0.39 is 12.0 Å². The molecule has 1 saturated carbocycles. The summed E-state index contributed by atoms with van der Waals surface area (Å²) >= 11 is 0.